The fraction of sp³-hybridized carbons (Fsp3) is 0.176. The third-order valence-corrected chi connectivity index (χ3v) is 3.25. The van der Waals surface area contributed by atoms with Gasteiger partial charge in [0.05, 0.1) is 11.8 Å². The molecule has 3 N–H and O–H groups in total. The van der Waals surface area contributed by atoms with Crippen LogP contribution in [0.2, 0.25) is 0 Å². The Morgan fingerprint density at radius 3 is 2.67 bits per heavy atom. The van der Waals surface area contributed by atoms with Crippen LogP contribution in [0.15, 0.2) is 41.5 Å². The van der Waals surface area contributed by atoms with E-state index >= 15 is 0 Å². The Morgan fingerprint density at radius 1 is 1.38 bits per heavy atom. The third kappa shape index (κ3) is 3.50. The van der Waals surface area contributed by atoms with Crippen LogP contribution in [0.5, 0.6) is 5.75 Å². The quantitative estimate of drug-likeness (QED) is 0.587. The van der Waals surface area contributed by atoms with Crippen LogP contribution in [-0.2, 0) is 0 Å². The molecule has 1 heterocycles. The number of benzene rings is 1. The topological polar surface area (TPSA) is 110 Å². The maximum Gasteiger partial charge on any atom is 0.262 e. The summed E-state index contributed by atoms with van der Waals surface area (Å²) in [6, 6.07) is 10.8. The van der Waals surface area contributed by atoms with Gasteiger partial charge >= 0.3 is 0 Å². The first-order chi connectivity index (χ1) is 11.6. The van der Waals surface area contributed by atoms with Crippen LogP contribution >= 0.6 is 0 Å². The predicted octanol–water partition coefficient (Wildman–Crippen LogP) is 1.65. The minimum absolute atomic E-state index is 0.0215. The van der Waals surface area contributed by atoms with E-state index in [1.807, 2.05) is 19.1 Å². The molecule has 0 radical (unpaired) electrons. The molecule has 0 aliphatic rings. The molecule has 0 atom stereocenters. The van der Waals surface area contributed by atoms with Crippen molar-refractivity contribution in [3.63, 3.8) is 0 Å². The molecule has 2 aromatic rings. The van der Waals surface area contributed by atoms with Crippen molar-refractivity contribution in [2.24, 2.45) is 4.99 Å². The zero-order valence-corrected chi connectivity index (χ0v) is 13.4. The maximum absolute atomic E-state index is 12.6. The molecule has 1 aromatic carbocycles. The number of nitriles is 1. The van der Waals surface area contributed by atoms with Gasteiger partial charge in [-0.15, -0.1) is 0 Å². The van der Waals surface area contributed by atoms with E-state index < -0.39 is 5.91 Å². The SMILES string of the molecule is CCNC(=NC)NC(=O)c1c(O)cnc(C#N)c1-c1ccccc1. The van der Waals surface area contributed by atoms with Crippen LogP contribution < -0.4 is 10.6 Å². The average Bonchev–Trinajstić information content (AvgIpc) is 2.61. The van der Waals surface area contributed by atoms with Crippen LogP contribution in [0.4, 0.5) is 0 Å². The highest BCUT2D eigenvalue weighted by Crippen LogP contribution is 2.31. The molecule has 0 unspecified atom stereocenters. The summed E-state index contributed by atoms with van der Waals surface area (Å²) in [4.78, 5) is 20.5. The number of amides is 1. The highest BCUT2D eigenvalue weighted by Gasteiger charge is 2.23. The summed E-state index contributed by atoms with van der Waals surface area (Å²) in [5, 5.41) is 25.0. The van der Waals surface area contributed by atoms with E-state index in [0.29, 0.717) is 12.1 Å². The van der Waals surface area contributed by atoms with Crippen molar-refractivity contribution in [2.45, 2.75) is 6.92 Å². The molecular weight excluding hydrogens is 306 g/mol. The molecule has 1 aromatic heterocycles. The zero-order valence-electron chi connectivity index (χ0n) is 13.4. The standard InChI is InChI=1S/C17H17N5O2/c1-3-20-17(19-2)22-16(24)15-13(23)10-21-12(9-18)14(15)11-7-5-4-6-8-11/h4-8,10,23H,3H2,1-2H3,(H2,19,20,22,24). The van der Waals surface area contributed by atoms with Gasteiger partial charge in [0, 0.05) is 19.2 Å². The smallest absolute Gasteiger partial charge is 0.262 e. The molecule has 0 saturated carbocycles. The lowest BCUT2D eigenvalue weighted by Crippen LogP contribution is -2.41. The van der Waals surface area contributed by atoms with Gasteiger partial charge < -0.3 is 10.4 Å². The molecular formula is C17H17N5O2. The monoisotopic (exact) mass is 323 g/mol. The molecule has 0 saturated heterocycles. The number of hydrogen-bond acceptors (Lipinski definition) is 5. The van der Waals surface area contributed by atoms with E-state index in [4.69, 9.17) is 0 Å². The number of nitrogens with one attached hydrogen (secondary N) is 2. The van der Waals surface area contributed by atoms with Gasteiger partial charge in [-0.1, -0.05) is 30.3 Å². The minimum Gasteiger partial charge on any atom is -0.505 e. The van der Waals surface area contributed by atoms with Crippen LogP contribution in [0, 0.1) is 11.3 Å². The molecule has 24 heavy (non-hydrogen) atoms. The first kappa shape index (κ1) is 17.0. The van der Waals surface area contributed by atoms with E-state index in [2.05, 4.69) is 20.6 Å². The molecule has 0 aliphatic heterocycles. The van der Waals surface area contributed by atoms with Crippen LogP contribution in [0.1, 0.15) is 23.0 Å². The van der Waals surface area contributed by atoms with Crippen molar-refractivity contribution >= 4 is 11.9 Å². The maximum atomic E-state index is 12.6. The molecule has 7 heteroatoms. The number of carbonyl (C=O) groups is 1. The van der Waals surface area contributed by atoms with Gasteiger partial charge in [0.1, 0.15) is 17.5 Å². The summed E-state index contributed by atoms with van der Waals surface area (Å²) >= 11 is 0. The van der Waals surface area contributed by atoms with Gasteiger partial charge in [0.25, 0.3) is 5.91 Å². The van der Waals surface area contributed by atoms with E-state index in [9.17, 15) is 15.2 Å². The van der Waals surface area contributed by atoms with Crippen molar-refractivity contribution < 1.29 is 9.90 Å². The summed E-state index contributed by atoms with van der Waals surface area (Å²) < 4.78 is 0. The second-order valence-corrected chi connectivity index (χ2v) is 4.78. The van der Waals surface area contributed by atoms with Gasteiger partial charge in [0.15, 0.2) is 5.96 Å². The molecule has 122 valence electrons. The van der Waals surface area contributed by atoms with Gasteiger partial charge in [-0.25, -0.2) is 4.98 Å². The van der Waals surface area contributed by atoms with Gasteiger partial charge in [-0.05, 0) is 12.5 Å². The predicted molar refractivity (Wildman–Crippen MR) is 90.6 cm³/mol. The number of aromatic hydroxyl groups is 1. The van der Waals surface area contributed by atoms with E-state index in [1.165, 1.54) is 7.05 Å². The molecule has 0 aliphatic carbocycles. The zero-order chi connectivity index (χ0) is 17.5. The summed E-state index contributed by atoms with van der Waals surface area (Å²) in [7, 11) is 1.53. The van der Waals surface area contributed by atoms with Crippen molar-refractivity contribution in [2.75, 3.05) is 13.6 Å². The Kier molecular flexibility index (Phi) is 5.47. The highest BCUT2D eigenvalue weighted by atomic mass is 16.3. The van der Waals surface area contributed by atoms with Crippen molar-refractivity contribution in [1.29, 1.82) is 5.26 Å². The molecule has 1 amide bonds. The summed E-state index contributed by atoms with van der Waals surface area (Å²) in [6.07, 6.45) is 1.09. The Hall–Kier alpha value is -3.40. The molecule has 0 spiro atoms. The second-order valence-electron chi connectivity index (χ2n) is 4.78. The number of hydrogen-bond donors (Lipinski definition) is 3. The number of pyridine rings is 1. The van der Waals surface area contributed by atoms with Gasteiger partial charge in [0.2, 0.25) is 0 Å². The summed E-state index contributed by atoms with van der Waals surface area (Å²) in [5.74, 6) is -0.611. The fourth-order valence-electron chi connectivity index (χ4n) is 2.22. The Bertz CT molecular complexity index is 810. The van der Waals surface area contributed by atoms with Gasteiger partial charge in [-0.3, -0.25) is 15.1 Å². The van der Waals surface area contributed by atoms with Crippen LogP contribution in [0.3, 0.4) is 0 Å². The highest BCUT2D eigenvalue weighted by molar-refractivity contribution is 6.11. The number of carbonyl (C=O) groups excluding carboxylic acids is 1. The number of aromatic nitrogens is 1. The number of nitrogens with zero attached hydrogens (tertiary/aromatic N) is 3. The van der Waals surface area contributed by atoms with E-state index in [0.717, 1.165) is 6.20 Å². The Labute approximate surface area is 139 Å². The molecule has 0 bridgehead atoms. The van der Waals surface area contributed by atoms with Crippen molar-refractivity contribution in [3.8, 4) is 22.9 Å². The van der Waals surface area contributed by atoms with E-state index in [1.54, 1.807) is 24.3 Å². The molecule has 2 rings (SSSR count). The van der Waals surface area contributed by atoms with Crippen LogP contribution in [-0.4, -0.2) is 35.5 Å². The number of guanidine groups is 1. The lowest BCUT2D eigenvalue weighted by Gasteiger charge is -2.14. The largest absolute Gasteiger partial charge is 0.505 e. The lowest BCUT2D eigenvalue weighted by atomic mass is 9.97. The van der Waals surface area contributed by atoms with Gasteiger partial charge in [-0.2, -0.15) is 5.26 Å². The average molecular weight is 323 g/mol. The number of aliphatic imine (C=N–C) groups is 1. The Balaban J connectivity index is 2.57. The normalized spacial score (nSPS) is 10.8. The van der Waals surface area contributed by atoms with Crippen molar-refractivity contribution in [1.82, 2.24) is 15.6 Å². The second kappa shape index (κ2) is 7.74. The summed E-state index contributed by atoms with van der Waals surface area (Å²) in [5.41, 5.74) is 0.929. The summed E-state index contributed by atoms with van der Waals surface area (Å²) in [6.45, 7) is 2.44. The molecule has 0 fully saturated rings. The van der Waals surface area contributed by atoms with Crippen molar-refractivity contribution in [3.05, 3.63) is 47.8 Å². The minimum atomic E-state index is -0.577. The molecule has 7 nitrogen and oxygen atoms in total. The van der Waals surface area contributed by atoms with Crippen LogP contribution in [0.25, 0.3) is 11.1 Å². The Morgan fingerprint density at radius 2 is 2.08 bits per heavy atom. The van der Waals surface area contributed by atoms with E-state index in [-0.39, 0.29) is 28.5 Å². The first-order valence-corrected chi connectivity index (χ1v) is 7.31. The third-order valence-electron chi connectivity index (χ3n) is 3.25. The lowest BCUT2D eigenvalue weighted by molar-refractivity contribution is 0.0973. The number of rotatable bonds is 3. The fourth-order valence-corrected chi connectivity index (χ4v) is 2.22. The first-order valence-electron chi connectivity index (χ1n) is 7.31.